The number of carbonyl (C=O) groups is 1. The van der Waals surface area contributed by atoms with E-state index in [4.69, 9.17) is 39.5 Å². The van der Waals surface area contributed by atoms with E-state index in [1.807, 2.05) is 0 Å². The number of piperidine rings is 1. The highest BCUT2D eigenvalue weighted by molar-refractivity contribution is 7.88. The second-order valence-electron chi connectivity index (χ2n) is 7.25. The Bertz CT molecular complexity index is 996. The van der Waals surface area contributed by atoms with Crippen molar-refractivity contribution >= 4 is 50.7 Å². The molecule has 10 heteroatoms. The van der Waals surface area contributed by atoms with E-state index in [-0.39, 0.29) is 18.2 Å². The smallest absolute Gasteiger partial charge is 0.224 e. The van der Waals surface area contributed by atoms with Crippen molar-refractivity contribution in [3.05, 3.63) is 63.1 Å². The number of amides is 1. The van der Waals surface area contributed by atoms with Crippen LogP contribution in [0.4, 0.5) is 0 Å². The van der Waals surface area contributed by atoms with Crippen LogP contribution in [0, 0.1) is 5.92 Å². The second-order valence-corrected chi connectivity index (χ2v) is 10.5. The number of nitrogens with zero attached hydrogens (tertiary/aromatic N) is 1. The normalized spacial score (nSPS) is 17.3. The Labute approximate surface area is 197 Å². The zero-order valence-electron chi connectivity index (χ0n) is 16.7. The lowest BCUT2D eigenvalue weighted by Gasteiger charge is -2.31. The molecule has 1 aliphatic heterocycles. The highest BCUT2D eigenvalue weighted by Crippen LogP contribution is 2.29. The summed E-state index contributed by atoms with van der Waals surface area (Å²) < 4.78 is 32.7. The van der Waals surface area contributed by atoms with Crippen molar-refractivity contribution in [1.82, 2.24) is 9.62 Å². The number of benzene rings is 2. The van der Waals surface area contributed by atoms with Gasteiger partial charge < -0.3 is 10.1 Å². The minimum Gasteiger partial charge on any atom is -0.492 e. The molecule has 1 N–H and O–H groups in total. The topological polar surface area (TPSA) is 75.7 Å². The van der Waals surface area contributed by atoms with Gasteiger partial charge in [0.1, 0.15) is 12.4 Å². The van der Waals surface area contributed by atoms with Gasteiger partial charge in [-0.15, -0.1) is 0 Å². The summed E-state index contributed by atoms with van der Waals surface area (Å²) in [6.07, 6.45) is 1.23. The number of halogens is 3. The van der Waals surface area contributed by atoms with Crippen LogP contribution in [0.2, 0.25) is 15.1 Å². The van der Waals surface area contributed by atoms with Crippen molar-refractivity contribution in [1.29, 1.82) is 0 Å². The predicted molar refractivity (Wildman–Crippen MR) is 123 cm³/mol. The summed E-state index contributed by atoms with van der Waals surface area (Å²) in [6, 6.07) is 11.8. The molecular weight excluding hydrogens is 483 g/mol. The molecular formula is C21H23Cl3N2O4S. The molecule has 1 fully saturated rings. The molecule has 31 heavy (non-hydrogen) atoms. The highest BCUT2D eigenvalue weighted by atomic mass is 35.5. The third-order valence-corrected chi connectivity index (χ3v) is 7.75. The predicted octanol–water partition coefficient (Wildman–Crippen LogP) is 4.38. The monoisotopic (exact) mass is 504 g/mol. The molecule has 0 unspecified atom stereocenters. The molecule has 0 spiro atoms. The average molecular weight is 506 g/mol. The molecule has 1 aliphatic rings. The molecule has 2 aromatic rings. The van der Waals surface area contributed by atoms with Crippen LogP contribution in [0.25, 0.3) is 0 Å². The maximum absolute atomic E-state index is 12.9. The maximum atomic E-state index is 12.9. The van der Waals surface area contributed by atoms with Crippen LogP contribution in [0.15, 0.2) is 42.5 Å². The van der Waals surface area contributed by atoms with Gasteiger partial charge in [0.15, 0.2) is 0 Å². The molecule has 0 aromatic heterocycles. The Morgan fingerprint density at radius 3 is 2.45 bits per heavy atom. The summed E-state index contributed by atoms with van der Waals surface area (Å²) in [7, 11) is -3.66. The first-order valence-corrected chi connectivity index (χ1v) is 12.6. The quantitative estimate of drug-likeness (QED) is 0.540. The van der Waals surface area contributed by atoms with Gasteiger partial charge in [-0.3, -0.25) is 4.79 Å². The van der Waals surface area contributed by atoms with Crippen molar-refractivity contribution in [2.75, 3.05) is 26.2 Å². The summed E-state index contributed by atoms with van der Waals surface area (Å²) in [5, 5.41) is 4.06. The number of nitrogens with one attached hydrogen (secondary N) is 1. The summed E-state index contributed by atoms with van der Waals surface area (Å²) in [6.45, 7) is 1.12. The molecule has 0 bridgehead atoms. The standard InChI is InChI=1S/C21H23Cl3N2O4S/c22-16-6-8-17(9-7-16)30-12-10-25-21(27)15-3-2-11-26(13-15)31(28,29)14-18-19(23)4-1-5-20(18)24/h1,4-9,15H,2-3,10-14H2,(H,25,27)/t15-/m0/s1. The number of rotatable bonds is 8. The highest BCUT2D eigenvalue weighted by Gasteiger charge is 2.33. The molecule has 1 amide bonds. The van der Waals surface area contributed by atoms with Crippen molar-refractivity contribution in [2.45, 2.75) is 18.6 Å². The Hall–Kier alpha value is -1.51. The van der Waals surface area contributed by atoms with Gasteiger partial charge in [0.25, 0.3) is 0 Å². The first-order valence-electron chi connectivity index (χ1n) is 9.83. The fourth-order valence-electron chi connectivity index (χ4n) is 3.37. The van der Waals surface area contributed by atoms with Crippen molar-refractivity contribution < 1.29 is 17.9 Å². The molecule has 1 saturated heterocycles. The van der Waals surface area contributed by atoms with Gasteiger partial charge in [-0.1, -0.05) is 40.9 Å². The Morgan fingerprint density at radius 1 is 1.10 bits per heavy atom. The van der Waals surface area contributed by atoms with E-state index in [2.05, 4.69) is 5.32 Å². The maximum Gasteiger partial charge on any atom is 0.224 e. The minimum absolute atomic E-state index is 0.133. The van der Waals surface area contributed by atoms with Gasteiger partial charge in [-0.05, 0) is 49.2 Å². The van der Waals surface area contributed by atoms with E-state index >= 15 is 0 Å². The number of hydrogen-bond donors (Lipinski definition) is 1. The Morgan fingerprint density at radius 2 is 1.77 bits per heavy atom. The van der Waals surface area contributed by atoms with Gasteiger partial charge in [0.05, 0.1) is 18.2 Å². The molecule has 0 aliphatic carbocycles. The van der Waals surface area contributed by atoms with Gasteiger partial charge in [-0.2, -0.15) is 0 Å². The molecule has 0 saturated carbocycles. The van der Waals surface area contributed by atoms with E-state index in [0.717, 1.165) is 0 Å². The Balaban J connectivity index is 1.51. The van der Waals surface area contributed by atoms with Crippen molar-refractivity contribution in [2.24, 2.45) is 5.92 Å². The third-order valence-electron chi connectivity index (χ3n) is 5.02. The molecule has 1 heterocycles. The van der Waals surface area contributed by atoms with Crippen LogP contribution in [-0.2, 0) is 20.6 Å². The van der Waals surface area contributed by atoms with E-state index in [0.29, 0.717) is 58.9 Å². The van der Waals surface area contributed by atoms with Crippen LogP contribution in [0.3, 0.4) is 0 Å². The number of sulfonamides is 1. The average Bonchev–Trinajstić information content (AvgIpc) is 2.75. The molecule has 3 rings (SSSR count). The molecule has 1 atom stereocenters. The van der Waals surface area contributed by atoms with Crippen LogP contribution in [0.1, 0.15) is 18.4 Å². The van der Waals surface area contributed by atoms with Gasteiger partial charge in [0, 0.05) is 33.7 Å². The summed E-state index contributed by atoms with van der Waals surface area (Å²) in [5.41, 5.74) is 0.372. The lowest BCUT2D eigenvalue weighted by Crippen LogP contribution is -2.46. The van der Waals surface area contributed by atoms with Crippen LogP contribution in [0.5, 0.6) is 5.75 Å². The first-order chi connectivity index (χ1) is 14.8. The summed E-state index contributed by atoms with van der Waals surface area (Å²) >= 11 is 18.1. The van der Waals surface area contributed by atoms with Gasteiger partial charge >= 0.3 is 0 Å². The fourth-order valence-corrected chi connectivity index (χ4v) is 5.86. The van der Waals surface area contributed by atoms with Gasteiger partial charge in [0.2, 0.25) is 15.9 Å². The fraction of sp³-hybridized carbons (Fsp3) is 0.381. The largest absolute Gasteiger partial charge is 0.492 e. The zero-order chi connectivity index (χ0) is 22.4. The summed E-state index contributed by atoms with van der Waals surface area (Å²) in [4.78, 5) is 12.5. The van der Waals surface area contributed by atoms with Crippen LogP contribution >= 0.6 is 34.8 Å². The van der Waals surface area contributed by atoms with E-state index in [9.17, 15) is 13.2 Å². The van der Waals surface area contributed by atoms with E-state index < -0.39 is 15.9 Å². The third kappa shape index (κ3) is 6.73. The molecule has 6 nitrogen and oxygen atoms in total. The molecule has 2 aromatic carbocycles. The number of carbonyl (C=O) groups excluding carboxylic acids is 1. The first kappa shape index (κ1) is 24.1. The van der Waals surface area contributed by atoms with E-state index in [1.165, 1.54) is 4.31 Å². The molecule has 168 valence electrons. The van der Waals surface area contributed by atoms with E-state index in [1.54, 1.807) is 42.5 Å². The van der Waals surface area contributed by atoms with Crippen molar-refractivity contribution in [3.8, 4) is 5.75 Å². The number of ether oxygens (including phenoxy) is 1. The zero-order valence-corrected chi connectivity index (χ0v) is 19.8. The SMILES string of the molecule is O=C(NCCOc1ccc(Cl)cc1)[C@H]1CCCN(S(=O)(=O)Cc2c(Cl)cccc2Cl)C1. The Kier molecular flexibility index (Phi) is 8.47. The van der Waals surface area contributed by atoms with Crippen LogP contribution in [-0.4, -0.2) is 44.9 Å². The number of hydrogen-bond acceptors (Lipinski definition) is 4. The van der Waals surface area contributed by atoms with Gasteiger partial charge in [-0.25, -0.2) is 12.7 Å². The van der Waals surface area contributed by atoms with Crippen LogP contribution < -0.4 is 10.1 Å². The van der Waals surface area contributed by atoms with Crippen molar-refractivity contribution in [3.63, 3.8) is 0 Å². The lowest BCUT2D eigenvalue weighted by atomic mass is 9.99. The molecule has 0 radical (unpaired) electrons. The minimum atomic E-state index is -3.66. The second kappa shape index (κ2) is 10.9. The summed E-state index contributed by atoms with van der Waals surface area (Å²) in [5.74, 6) is -0.239. The lowest BCUT2D eigenvalue weighted by molar-refractivity contribution is -0.126.